The van der Waals surface area contributed by atoms with Crippen LogP contribution in [0.15, 0.2) is 103 Å². The number of amides is 2. The van der Waals surface area contributed by atoms with E-state index < -0.39 is 18.0 Å². The van der Waals surface area contributed by atoms with Gasteiger partial charge in [-0.15, -0.1) is 0 Å². The van der Waals surface area contributed by atoms with Crippen molar-refractivity contribution in [1.29, 1.82) is 0 Å². The smallest absolute Gasteiger partial charge is 0.309 e. The summed E-state index contributed by atoms with van der Waals surface area (Å²) in [5, 5.41) is 15.8. The summed E-state index contributed by atoms with van der Waals surface area (Å²) < 4.78 is 5.78. The van der Waals surface area contributed by atoms with Gasteiger partial charge < -0.3 is 20.5 Å². The Labute approximate surface area is 248 Å². The Kier molecular flexibility index (Phi) is 11.9. The number of nitrogens with one attached hydrogen (secondary N) is 2. The van der Waals surface area contributed by atoms with E-state index >= 15 is 0 Å². The van der Waals surface area contributed by atoms with Crippen molar-refractivity contribution in [3.8, 4) is 0 Å². The molecule has 0 fully saturated rings. The Balaban J connectivity index is 1.48. The van der Waals surface area contributed by atoms with Crippen LogP contribution in [0.2, 0.25) is 0 Å². The first-order valence-electron chi connectivity index (χ1n) is 14.6. The summed E-state index contributed by atoms with van der Waals surface area (Å²) in [7, 11) is 0. The van der Waals surface area contributed by atoms with Crippen LogP contribution in [0.3, 0.4) is 0 Å². The lowest BCUT2D eigenvalue weighted by molar-refractivity contribution is -0.150. The van der Waals surface area contributed by atoms with E-state index in [2.05, 4.69) is 10.6 Å². The Morgan fingerprint density at radius 3 is 1.95 bits per heavy atom. The van der Waals surface area contributed by atoms with Crippen LogP contribution in [-0.2, 0) is 38.4 Å². The number of allylic oxidation sites excluding steroid dienone is 2. The molecule has 0 spiro atoms. The van der Waals surface area contributed by atoms with E-state index in [9.17, 15) is 19.5 Å². The number of aliphatic hydroxyl groups is 1. The molecule has 0 aromatic heterocycles. The molecule has 3 N–H and O–H groups in total. The quantitative estimate of drug-likeness (QED) is 0.251. The minimum Gasteiger partial charge on any atom is -0.463 e. The van der Waals surface area contributed by atoms with Crippen molar-refractivity contribution in [1.82, 2.24) is 10.6 Å². The average Bonchev–Trinajstić information content (AvgIpc) is 3.01. The first kappa shape index (κ1) is 30.7. The SMILES string of the molecule is O=C(C[C@H]1CC=CC[C@@H](Cc2ccccc2)C(=O)OC[C@@H](Cc2ccccc2)NC1=O)N[C@@H](CO)Cc1ccccc1. The van der Waals surface area contributed by atoms with Gasteiger partial charge in [0, 0.05) is 6.42 Å². The van der Waals surface area contributed by atoms with E-state index in [1.807, 2.05) is 103 Å². The predicted octanol–water partition coefficient (Wildman–Crippen LogP) is 4.19. The maximum Gasteiger partial charge on any atom is 0.309 e. The van der Waals surface area contributed by atoms with Crippen LogP contribution in [0.4, 0.5) is 0 Å². The van der Waals surface area contributed by atoms with E-state index in [0.29, 0.717) is 32.1 Å². The van der Waals surface area contributed by atoms with E-state index in [1.165, 1.54) is 0 Å². The van der Waals surface area contributed by atoms with Gasteiger partial charge in [-0.2, -0.15) is 0 Å². The zero-order chi connectivity index (χ0) is 29.6. The number of carbonyl (C=O) groups is 3. The van der Waals surface area contributed by atoms with Crippen molar-refractivity contribution in [3.05, 3.63) is 120 Å². The van der Waals surface area contributed by atoms with Crippen molar-refractivity contribution < 1.29 is 24.2 Å². The molecule has 0 unspecified atom stereocenters. The molecule has 1 heterocycles. The van der Waals surface area contributed by atoms with E-state index in [0.717, 1.165) is 16.7 Å². The highest BCUT2D eigenvalue weighted by Crippen LogP contribution is 2.19. The molecule has 2 amide bonds. The number of benzene rings is 3. The second-order valence-corrected chi connectivity index (χ2v) is 10.9. The summed E-state index contributed by atoms with van der Waals surface area (Å²) in [6.07, 6.45) is 6.12. The summed E-state index contributed by atoms with van der Waals surface area (Å²) in [6, 6.07) is 28.3. The first-order valence-corrected chi connectivity index (χ1v) is 14.6. The predicted molar refractivity (Wildman–Crippen MR) is 162 cm³/mol. The standard InChI is InChI=1S/C35H40N2O5/c38-24-31(21-27-14-6-2-7-15-27)36-33(39)23-29-18-10-11-19-30(20-26-12-4-1-5-13-26)35(41)42-25-32(37-34(29)40)22-28-16-8-3-9-17-28/h1-17,29-32,38H,18-25H2,(H,36,39)(H,37,40)/t29-,30+,31-,32-/m1/s1. The normalized spacial score (nSPS) is 20.4. The van der Waals surface area contributed by atoms with Crippen LogP contribution >= 0.6 is 0 Å². The van der Waals surface area contributed by atoms with Crippen LogP contribution in [-0.4, -0.2) is 48.2 Å². The molecule has 0 bridgehead atoms. The molecule has 7 heteroatoms. The topological polar surface area (TPSA) is 105 Å². The lowest BCUT2D eigenvalue weighted by atomic mass is 9.94. The zero-order valence-electron chi connectivity index (χ0n) is 23.9. The van der Waals surface area contributed by atoms with Gasteiger partial charge in [-0.3, -0.25) is 14.4 Å². The van der Waals surface area contributed by atoms with Crippen molar-refractivity contribution in [2.24, 2.45) is 11.8 Å². The van der Waals surface area contributed by atoms with Crippen molar-refractivity contribution in [3.63, 3.8) is 0 Å². The highest BCUT2D eigenvalue weighted by molar-refractivity contribution is 5.86. The fourth-order valence-electron chi connectivity index (χ4n) is 5.21. The molecular weight excluding hydrogens is 528 g/mol. The molecule has 0 saturated heterocycles. The minimum atomic E-state index is -0.613. The molecule has 3 aromatic rings. The number of esters is 1. The van der Waals surface area contributed by atoms with Gasteiger partial charge in [-0.1, -0.05) is 103 Å². The Morgan fingerprint density at radius 2 is 1.36 bits per heavy atom. The van der Waals surface area contributed by atoms with Crippen LogP contribution in [0.5, 0.6) is 0 Å². The summed E-state index contributed by atoms with van der Waals surface area (Å²) in [6.45, 7) is -0.165. The number of ether oxygens (including phenoxy) is 1. The summed E-state index contributed by atoms with van der Waals surface area (Å²) >= 11 is 0. The number of rotatable bonds is 10. The van der Waals surface area contributed by atoms with Crippen molar-refractivity contribution in [2.75, 3.05) is 13.2 Å². The monoisotopic (exact) mass is 568 g/mol. The number of aliphatic hydroxyl groups excluding tert-OH is 1. The fourth-order valence-corrected chi connectivity index (χ4v) is 5.21. The lowest BCUT2D eigenvalue weighted by Crippen LogP contribution is -2.46. The van der Waals surface area contributed by atoms with Gasteiger partial charge in [0.15, 0.2) is 0 Å². The second kappa shape index (κ2) is 16.3. The maximum atomic E-state index is 13.5. The van der Waals surface area contributed by atoms with Crippen molar-refractivity contribution in [2.45, 2.75) is 50.6 Å². The van der Waals surface area contributed by atoms with Crippen molar-refractivity contribution >= 4 is 17.8 Å². The molecule has 0 aliphatic carbocycles. The third-order valence-electron chi connectivity index (χ3n) is 7.48. The Morgan fingerprint density at radius 1 is 0.810 bits per heavy atom. The van der Waals surface area contributed by atoms with Gasteiger partial charge in [-0.05, 0) is 48.8 Å². The van der Waals surface area contributed by atoms with Gasteiger partial charge in [0.05, 0.1) is 30.5 Å². The number of hydrogen-bond acceptors (Lipinski definition) is 5. The molecule has 220 valence electrons. The van der Waals surface area contributed by atoms with Crippen LogP contribution in [0, 0.1) is 11.8 Å². The van der Waals surface area contributed by atoms with Crippen LogP contribution in [0.25, 0.3) is 0 Å². The average molecular weight is 569 g/mol. The number of hydrogen-bond donors (Lipinski definition) is 3. The minimum absolute atomic E-state index is 0.0211. The number of carbonyl (C=O) groups excluding carboxylic acids is 3. The molecule has 0 radical (unpaired) electrons. The summed E-state index contributed by atoms with van der Waals surface area (Å²) in [5.74, 6) is -1.82. The molecule has 3 aromatic carbocycles. The first-order chi connectivity index (χ1) is 20.5. The Bertz CT molecular complexity index is 1300. The third kappa shape index (κ3) is 10.00. The highest BCUT2D eigenvalue weighted by Gasteiger charge is 2.27. The number of cyclic esters (lactones) is 1. The summed E-state index contributed by atoms with van der Waals surface area (Å²) in [4.78, 5) is 39.7. The second-order valence-electron chi connectivity index (χ2n) is 10.9. The van der Waals surface area contributed by atoms with Gasteiger partial charge in [0.25, 0.3) is 0 Å². The zero-order valence-corrected chi connectivity index (χ0v) is 23.9. The Hall–Kier alpha value is -4.23. The fraction of sp³-hybridized carbons (Fsp3) is 0.343. The summed E-state index contributed by atoms with van der Waals surface area (Å²) in [5.41, 5.74) is 3.07. The highest BCUT2D eigenvalue weighted by atomic mass is 16.5. The molecule has 7 nitrogen and oxygen atoms in total. The molecule has 4 atom stereocenters. The maximum absolute atomic E-state index is 13.5. The van der Waals surface area contributed by atoms with E-state index in [1.54, 1.807) is 0 Å². The lowest BCUT2D eigenvalue weighted by Gasteiger charge is -2.25. The van der Waals surface area contributed by atoms with Crippen LogP contribution < -0.4 is 10.6 Å². The van der Waals surface area contributed by atoms with Gasteiger partial charge in [-0.25, -0.2) is 0 Å². The molecular formula is C35H40N2O5. The molecule has 4 rings (SSSR count). The van der Waals surface area contributed by atoms with Gasteiger partial charge >= 0.3 is 5.97 Å². The molecule has 42 heavy (non-hydrogen) atoms. The van der Waals surface area contributed by atoms with Crippen LogP contribution in [0.1, 0.15) is 36.0 Å². The van der Waals surface area contributed by atoms with E-state index in [4.69, 9.17) is 4.74 Å². The molecule has 1 aliphatic rings. The molecule has 0 saturated carbocycles. The van der Waals surface area contributed by atoms with Gasteiger partial charge in [0.2, 0.25) is 11.8 Å². The van der Waals surface area contributed by atoms with Gasteiger partial charge in [0.1, 0.15) is 6.61 Å². The van der Waals surface area contributed by atoms with E-state index in [-0.39, 0.29) is 43.3 Å². The largest absolute Gasteiger partial charge is 0.463 e. The third-order valence-corrected chi connectivity index (χ3v) is 7.48. The molecule has 1 aliphatic heterocycles.